The van der Waals surface area contributed by atoms with E-state index in [1.54, 1.807) is 0 Å². The molecular weight excluding hydrogens is 284 g/mol. The van der Waals surface area contributed by atoms with E-state index in [4.69, 9.17) is 4.42 Å². The van der Waals surface area contributed by atoms with Crippen molar-refractivity contribution in [3.05, 3.63) is 52.4 Å². The number of rotatable bonds is 1. The molecule has 1 aliphatic rings. The van der Waals surface area contributed by atoms with Gasteiger partial charge >= 0.3 is 6.03 Å². The maximum absolute atomic E-state index is 11.5. The van der Waals surface area contributed by atoms with Crippen LogP contribution in [0.4, 0.5) is 10.5 Å². The molecule has 1 aliphatic heterocycles. The first-order valence-corrected chi connectivity index (χ1v) is 5.95. The van der Waals surface area contributed by atoms with E-state index in [1.165, 1.54) is 0 Å². The molecule has 2 N–H and O–H groups in total. The molecule has 86 valence electrons. The summed E-state index contributed by atoms with van der Waals surface area (Å²) in [7, 11) is 0. The van der Waals surface area contributed by atoms with Gasteiger partial charge < -0.3 is 15.1 Å². The summed E-state index contributed by atoms with van der Waals surface area (Å²) in [6.45, 7) is 0. The molecule has 0 saturated heterocycles. The van der Waals surface area contributed by atoms with Crippen LogP contribution in [0.3, 0.4) is 0 Å². The van der Waals surface area contributed by atoms with Gasteiger partial charge in [-0.05, 0) is 34.1 Å². The second-order valence-corrected chi connectivity index (χ2v) is 4.54. The van der Waals surface area contributed by atoms with Crippen molar-refractivity contribution in [1.82, 2.24) is 5.32 Å². The number of nitrogens with one attached hydrogen (secondary N) is 2. The first-order chi connectivity index (χ1) is 8.24. The van der Waals surface area contributed by atoms with Crippen LogP contribution in [0, 0.1) is 0 Å². The van der Waals surface area contributed by atoms with Crippen LogP contribution in [0.25, 0.3) is 0 Å². The number of hydrogen-bond donors (Lipinski definition) is 2. The summed E-state index contributed by atoms with van der Waals surface area (Å²) in [6.07, 6.45) is 0. The number of carbonyl (C=O) groups excluding carboxylic acids is 1. The maximum Gasteiger partial charge on any atom is 0.320 e. The Morgan fingerprint density at radius 1 is 1.18 bits per heavy atom. The van der Waals surface area contributed by atoms with Gasteiger partial charge in [0.25, 0.3) is 0 Å². The lowest BCUT2D eigenvalue weighted by Crippen LogP contribution is -2.37. The lowest BCUT2D eigenvalue weighted by Gasteiger charge is -2.25. The van der Waals surface area contributed by atoms with Gasteiger partial charge in [0.2, 0.25) is 0 Å². The van der Waals surface area contributed by atoms with Crippen LogP contribution in [0.2, 0.25) is 0 Å². The molecule has 0 saturated carbocycles. The number of furan rings is 1. The number of urea groups is 1. The molecule has 17 heavy (non-hydrogen) atoms. The van der Waals surface area contributed by atoms with Crippen molar-refractivity contribution in [1.29, 1.82) is 0 Å². The van der Waals surface area contributed by atoms with Gasteiger partial charge in [-0.1, -0.05) is 18.2 Å². The van der Waals surface area contributed by atoms with Crippen LogP contribution >= 0.6 is 15.9 Å². The summed E-state index contributed by atoms with van der Waals surface area (Å²) in [5.41, 5.74) is 1.81. The fraction of sp³-hybridized carbons (Fsp3) is 0.0833. The Bertz CT molecular complexity index is 579. The molecule has 0 aliphatic carbocycles. The van der Waals surface area contributed by atoms with Gasteiger partial charge in [-0.3, -0.25) is 0 Å². The lowest BCUT2D eigenvalue weighted by molar-refractivity contribution is 0.247. The molecule has 1 aromatic carbocycles. The van der Waals surface area contributed by atoms with Crippen molar-refractivity contribution in [3.63, 3.8) is 0 Å². The van der Waals surface area contributed by atoms with Crippen molar-refractivity contribution in [3.8, 4) is 0 Å². The summed E-state index contributed by atoms with van der Waals surface area (Å²) in [6, 6.07) is 10.8. The highest BCUT2D eigenvalue weighted by Crippen LogP contribution is 2.33. The number of carbonyl (C=O) groups is 1. The van der Waals surface area contributed by atoms with Crippen molar-refractivity contribution in [2.45, 2.75) is 6.04 Å². The number of halogens is 1. The summed E-state index contributed by atoms with van der Waals surface area (Å²) in [5, 5.41) is 5.60. The Kier molecular flexibility index (Phi) is 2.40. The van der Waals surface area contributed by atoms with E-state index in [9.17, 15) is 4.79 Å². The molecule has 2 amide bonds. The SMILES string of the molecule is O=C1Nc2ccccc2C(c2ccc(Br)o2)N1. The number of fused-ring (bicyclic) bond motifs is 1. The van der Waals surface area contributed by atoms with Gasteiger partial charge in [-0.15, -0.1) is 0 Å². The third kappa shape index (κ3) is 1.82. The molecule has 2 heterocycles. The van der Waals surface area contributed by atoms with Gasteiger partial charge in [-0.25, -0.2) is 4.79 Å². The highest BCUT2D eigenvalue weighted by molar-refractivity contribution is 9.10. The van der Waals surface area contributed by atoms with Crippen LogP contribution in [0.5, 0.6) is 0 Å². The molecule has 4 nitrogen and oxygen atoms in total. The molecule has 1 atom stereocenters. The minimum Gasteiger partial charge on any atom is -0.452 e. The van der Waals surface area contributed by atoms with Gasteiger partial charge in [-0.2, -0.15) is 0 Å². The molecule has 5 heteroatoms. The van der Waals surface area contributed by atoms with E-state index >= 15 is 0 Å². The predicted octanol–water partition coefficient (Wildman–Crippen LogP) is 3.27. The first-order valence-electron chi connectivity index (χ1n) is 5.16. The Hall–Kier alpha value is -1.75. The normalized spacial score (nSPS) is 18.2. The number of para-hydroxylation sites is 1. The fourth-order valence-electron chi connectivity index (χ4n) is 1.94. The number of anilines is 1. The van der Waals surface area contributed by atoms with Crippen molar-refractivity contribution in [2.24, 2.45) is 0 Å². The minimum atomic E-state index is -0.244. The number of amides is 2. The molecule has 2 aromatic rings. The molecule has 0 spiro atoms. The van der Waals surface area contributed by atoms with E-state index in [1.807, 2.05) is 36.4 Å². The molecular formula is C12H9BrN2O2. The quantitative estimate of drug-likeness (QED) is 0.848. The highest BCUT2D eigenvalue weighted by Gasteiger charge is 2.27. The lowest BCUT2D eigenvalue weighted by atomic mass is 10.0. The van der Waals surface area contributed by atoms with E-state index in [-0.39, 0.29) is 12.1 Å². The average molecular weight is 293 g/mol. The van der Waals surface area contributed by atoms with Crippen molar-refractivity contribution < 1.29 is 9.21 Å². The van der Waals surface area contributed by atoms with Gasteiger partial charge in [0.1, 0.15) is 11.8 Å². The Morgan fingerprint density at radius 2 is 2.00 bits per heavy atom. The standard InChI is InChI=1S/C12H9BrN2O2/c13-10-6-5-9(17-10)11-7-3-1-2-4-8(7)14-12(16)15-11/h1-6,11H,(H2,14,15,16). The summed E-state index contributed by atoms with van der Waals surface area (Å²) < 4.78 is 6.15. The van der Waals surface area contributed by atoms with Crippen LogP contribution < -0.4 is 10.6 Å². The van der Waals surface area contributed by atoms with E-state index in [0.29, 0.717) is 10.4 Å². The predicted molar refractivity (Wildman–Crippen MR) is 66.8 cm³/mol. The van der Waals surface area contributed by atoms with E-state index in [0.717, 1.165) is 11.3 Å². The molecule has 0 bridgehead atoms. The van der Waals surface area contributed by atoms with Crippen LogP contribution in [0.1, 0.15) is 17.4 Å². The third-order valence-corrected chi connectivity index (χ3v) is 3.10. The monoisotopic (exact) mass is 292 g/mol. The highest BCUT2D eigenvalue weighted by atomic mass is 79.9. The third-order valence-electron chi connectivity index (χ3n) is 2.67. The second-order valence-electron chi connectivity index (χ2n) is 3.76. The number of benzene rings is 1. The Balaban J connectivity index is 2.09. The van der Waals surface area contributed by atoms with Crippen LogP contribution in [-0.4, -0.2) is 6.03 Å². The largest absolute Gasteiger partial charge is 0.452 e. The van der Waals surface area contributed by atoms with E-state index in [2.05, 4.69) is 26.6 Å². The van der Waals surface area contributed by atoms with E-state index < -0.39 is 0 Å². The molecule has 3 rings (SSSR count). The zero-order valence-electron chi connectivity index (χ0n) is 8.74. The van der Waals surface area contributed by atoms with Gasteiger partial charge in [0, 0.05) is 11.3 Å². The molecule has 0 radical (unpaired) electrons. The summed E-state index contributed by atoms with van der Waals surface area (Å²) in [4.78, 5) is 11.5. The Labute approximate surface area is 106 Å². The van der Waals surface area contributed by atoms with Crippen molar-refractivity contribution >= 4 is 27.6 Å². The van der Waals surface area contributed by atoms with Crippen molar-refractivity contribution in [2.75, 3.05) is 5.32 Å². The first kappa shape index (κ1) is 10.4. The van der Waals surface area contributed by atoms with Crippen LogP contribution in [-0.2, 0) is 0 Å². The molecule has 0 fully saturated rings. The molecule has 1 aromatic heterocycles. The summed E-state index contributed by atoms with van der Waals surface area (Å²) in [5.74, 6) is 0.708. The summed E-state index contributed by atoms with van der Waals surface area (Å²) >= 11 is 3.26. The average Bonchev–Trinajstić information content (AvgIpc) is 2.74. The fourth-order valence-corrected chi connectivity index (χ4v) is 2.26. The topological polar surface area (TPSA) is 54.3 Å². The minimum absolute atomic E-state index is 0.221. The smallest absolute Gasteiger partial charge is 0.320 e. The number of hydrogen-bond acceptors (Lipinski definition) is 2. The maximum atomic E-state index is 11.5. The van der Waals surface area contributed by atoms with Crippen LogP contribution in [0.15, 0.2) is 45.5 Å². The zero-order chi connectivity index (χ0) is 11.8. The zero-order valence-corrected chi connectivity index (χ0v) is 10.3. The Morgan fingerprint density at radius 3 is 2.76 bits per heavy atom. The van der Waals surface area contributed by atoms with Gasteiger partial charge in [0.15, 0.2) is 4.67 Å². The molecule has 1 unspecified atom stereocenters. The van der Waals surface area contributed by atoms with Gasteiger partial charge in [0.05, 0.1) is 0 Å². The second kappa shape index (κ2) is 3.92.